The molecule has 5 aromatic heterocycles. The molecule has 6 heteroatoms. The van der Waals surface area contributed by atoms with Crippen LogP contribution in [0.2, 0.25) is 0 Å². The highest BCUT2D eigenvalue weighted by Crippen LogP contribution is 2.52. The minimum absolute atomic E-state index is 0.247. The molecule has 0 unspecified atom stereocenters. The van der Waals surface area contributed by atoms with Crippen LogP contribution in [0, 0.1) is 0 Å². The fourth-order valence-corrected chi connectivity index (χ4v) is 11.7. The number of nitrogens with zero attached hydrogens (tertiary/aromatic N) is 6. The van der Waals surface area contributed by atoms with Crippen molar-refractivity contribution in [3.63, 3.8) is 0 Å². The summed E-state index contributed by atoms with van der Waals surface area (Å²) in [6.45, 7) is 9.50. The standard InChI is InChI=1S/C60H44N6/c1-59(2)46-25-13-17-29-52(46)63-35-44-42-23-11-15-27-50(42)65(54(44)56(59)63)40-31-39(49-34-48(37-19-7-5-8-20-37)61-58(62-49)38-21-9-6-10-22-38)32-41(33-40)66-51-28-16-12-24-43(51)45-36-64-53-30-18-14-26-47(53)60(3,4)57(64)55(45)66/h5-36H,1-4H3. The van der Waals surface area contributed by atoms with E-state index >= 15 is 0 Å². The Hall–Kier alpha value is -8.22. The van der Waals surface area contributed by atoms with E-state index in [1.165, 1.54) is 77.5 Å². The van der Waals surface area contributed by atoms with Crippen LogP contribution in [0.15, 0.2) is 194 Å². The molecule has 314 valence electrons. The molecule has 0 saturated carbocycles. The Balaban J connectivity index is 1.12. The van der Waals surface area contributed by atoms with E-state index < -0.39 is 0 Å². The maximum absolute atomic E-state index is 5.45. The van der Waals surface area contributed by atoms with Gasteiger partial charge in [0.25, 0.3) is 0 Å². The Morgan fingerprint density at radius 2 is 0.803 bits per heavy atom. The fraction of sp³-hybridized carbons (Fsp3) is 0.100. The quantitative estimate of drug-likeness (QED) is 0.173. The molecule has 0 saturated heterocycles. The lowest BCUT2D eigenvalue weighted by atomic mass is 9.83. The van der Waals surface area contributed by atoms with Gasteiger partial charge in [-0.25, -0.2) is 9.97 Å². The highest BCUT2D eigenvalue weighted by Gasteiger charge is 2.41. The third-order valence-corrected chi connectivity index (χ3v) is 14.7. The average Bonchev–Trinajstić information content (AvgIpc) is 4.17. The Bertz CT molecular complexity index is 3730. The first-order valence-electron chi connectivity index (χ1n) is 22.9. The van der Waals surface area contributed by atoms with Crippen LogP contribution >= 0.6 is 0 Å². The van der Waals surface area contributed by atoms with Crippen molar-refractivity contribution in [1.29, 1.82) is 0 Å². The van der Waals surface area contributed by atoms with Gasteiger partial charge in [0.05, 0.1) is 44.8 Å². The van der Waals surface area contributed by atoms with Gasteiger partial charge in [-0.05, 0) is 59.7 Å². The summed E-state index contributed by atoms with van der Waals surface area (Å²) in [5.41, 5.74) is 18.9. The summed E-state index contributed by atoms with van der Waals surface area (Å²) in [6.07, 6.45) is 4.75. The number of para-hydroxylation sites is 4. The lowest BCUT2D eigenvalue weighted by molar-refractivity contribution is 0.646. The first kappa shape index (κ1) is 37.2. The van der Waals surface area contributed by atoms with E-state index in [2.05, 4.69) is 234 Å². The molecule has 12 aromatic rings. The van der Waals surface area contributed by atoms with Crippen molar-refractivity contribution >= 4 is 43.6 Å². The molecule has 66 heavy (non-hydrogen) atoms. The predicted molar refractivity (Wildman–Crippen MR) is 270 cm³/mol. The number of hydrogen-bond acceptors (Lipinski definition) is 2. The Morgan fingerprint density at radius 1 is 0.379 bits per heavy atom. The molecule has 14 rings (SSSR count). The monoisotopic (exact) mass is 848 g/mol. The number of aromatic nitrogens is 6. The number of fused-ring (bicyclic) bond motifs is 14. The second-order valence-corrected chi connectivity index (χ2v) is 19.1. The van der Waals surface area contributed by atoms with E-state index in [0.717, 1.165) is 39.5 Å². The number of benzene rings is 7. The van der Waals surface area contributed by atoms with E-state index in [9.17, 15) is 0 Å². The zero-order valence-electron chi connectivity index (χ0n) is 37.2. The molecule has 0 fully saturated rings. The zero-order valence-corrected chi connectivity index (χ0v) is 37.2. The summed E-state index contributed by atoms with van der Waals surface area (Å²) in [4.78, 5) is 10.7. The van der Waals surface area contributed by atoms with Crippen LogP contribution in [0.1, 0.15) is 50.2 Å². The SMILES string of the molecule is CC1(C)c2ccccc2-n2cc3c4ccccc4n(-c4cc(-c5cc(-c6ccccc6)nc(-c6ccccc6)n5)cc(-n5c6ccccc6c6cn7c(c65)C(C)(C)c5ccccc5-7)c4)c3c21. The normalized spacial score (nSPS) is 14.3. The largest absolute Gasteiger partial charge is 0.317 e. The molecule has 0 spiro atoms. The topological polar surface area (TPSA) is 45.5 Å². The molecule has 0 N–H and O–H groups in total. The van der Waals surface area contributed by atoms with Crippen molar-refractivity contribution in [3.05, 3.63) is 217 Å². The Labute approximate surface area is 382 Å². The summed E-state index contributed by atoms with van der Waals surface area (Å²) in [7, 11) is 0. The van der Waals surface area contributed by atoms with Gasteiger partial charge >= 0.3 is 0 Å². The van der Waals surface area contributed by atoms with Crippen molar-refractivity contribution < 1.29 is 0 Å². The molecule has 0 amide bonds. The third kappa shape index (κ3) is 4.96. The Kier molecular flexibility index (Phi) is 7.42. The highest BCUT2D eigenvalue weighted by atomic mass is 15.1. The van der Waals surface area contributed by atoms with Gasteiger partial charge < -0.3 is 18.3 Å². The molecule has 0 aliphatic carbocycles. The molecule has 2 aliphatic heterocycles. The van der Waals surface area contributed by atoms with E-state index in [-0.39, 0.29) is 10.8 Å². The van der Waals surface area contributed by atoms with Crippen LogP contribution in [0.4, 0.5) is 0 Å². The lowest BCUT2D eigenvalue weighted by Crippen LogP contribution is -2.17. The van der Waals surface area contributed by atoms with E-state index in [0.29, 0.717) is 5.82 Å². The van der Waals surface area contributed by atoms with Gasteiger partial charge in [0.1, 0.15) is 0 Å². The summed E-state index contributed by atoms with van der Waals surface area (Å²) in [6, 6.07) is 65.7. The fourth-order valence-electron chi connectivity index (χ4n) is 11.7. The van der Waals surface area contributed by atoms with Crippen molar-refractivity contribution in [2.45, 2.75) is 38.5 Å². The molecule has 7 aromatic carbocycles. The molecule has 2 aliphatic rings. The van der Waals surface area contributed by atoms with Crippen LogP contribution in [0.25, 0.3) is 100 Å². The van der Waals surface area contributed by atoms with Gasteiger partial charge in [0.15, 0.2) is 5.82 Å². The summed E-state index contributed by atoms with van der Waals surface area (Å²) in [5, 5.41) is 4.95. The molecule has 7 heterocycles. The average molecular weight is 849 g/mol. The van der Waals surface area contributed by atoms with Gasteiger partial charge in [-0.2, -0.15) is 0 Å². The summed E-state index contributed by atoms with van der Waals surface area (Å²) < 4.78 is 9.95. The minimum atomic E-state index is -0.247. The Morgan fingerprint density at radius 3 is 1.32 bits per heavy atom. The summed E-state index contributed by atoms with van der Waals surface area (Å²) >= 11 is 0. The number of rotatable bonds is 5. The highest BCUT2D eigenvalue weighted by molar-refractivity contribution is 6.13. The minimum Gasteiger partial charge on any atom is -0.317 e. The van der Waals surface area contributed by atoms with Gasteiger partial charge in [-0.3, -0.25) is 0 Å². The van der Waals surface area contributed by atoms with Gasteiger partial charge in [-0.1, -0.05) is 161 Å². The maximum Gasteiger partial charge on any atom is 0.160 e. The molecule has 0 bridgehead atoms. The molecule has 0 radical (unpaired) electrons. The van der Waals surface area contributed by atoms with E-state index in [1.807, 2.05) is 6.07 Å². The van der Waals surface area contributed by atoms with Crippen molar-refractivity contribution in [2.75, 3.05) is 0 Å². The van der Waals surface area contributed by atoms with E-state index in [1.54, 1.807) is 0 Å². The van der Waals surface area contributed by atoms with Crippen LogP contribution < -0.4 is 0 Å². The first-order chi connectivity index (χ1) is 32.3. The molecular weight excluding hydrogens is 805 g/mol. The smallest absolute Gasteiger partial charge is 0.160 e. The van der Waals surface area contributed by atoms with Gasteiger partial charge in [-0.15, -0.1) is 0 Å². The molecule has 6 nitrogen and oxygen atoms in total. The van der Waals surface area contributed by atoms with Crippen LogP contribution in [0.5, 0.6) is 0 Å². The second-order valence-electron chi connectivity index (χ2n) is 19.1. The second kappa shape index (κ2) is 13.2. The maximum atomic E-state index is 5.45. The predicted octanol–water partition coefficient (Wildman–Crippen LogP) is 14.5. The molecule has 0 atom stereocenters. The lowest BCUT2D eigenvalue weighted by Gasteiger charge is -2.22. The van der Waals surface area contributed by atoms with Crippen molar-refractivity contribution in [2.24, 2.45) is 0 Å². The van der Waals surface area contributed by atoms with Crippen LogP contribution in [0.3, 0.4) is 0 Å². The number of hydrogen-bond donors (Lipinski definition) is 0. The zero-order chi connectivity index (χ0) is 44.1. The van der Waals surface area contributed by atoms with Crippen LogP contribution in [-0.4, -0.2) is 28.2 Å². The van der Waals surface area contributed by atoms with Crippen LogP contribution in [-0.2, 0) is 10.8 Å². The third-order valence-electron chi connectivity index (χ3n) is 14.7. The van der Waals surface area contributed by atoms with Crippen molar-refractivity contribution in [1.82, 2.24) is 28.2 Å². The van der Waals surface area contributed by atoms with Gasteiger partial charge in [0, 0.05) is 84.2 Å². The first-order valence-corrected chi connectivity index (χ1v) is 22.9. The van der Waals surface area contributed by atoms with Crippen molar-refractivity contribution in [3.8, 4) is 56.7 Å². The molecular formula is C60H44N6. The van der Waals surface area contributed by atoms with E-state index in [4.69, 9.17) is 9.97 Å². The van der Waals surface area contributed by atoms with Gasteiger partial charge in [0.2, 0.25) is 0 Å². The summed E-state index contributed by atoms with van der Waals surface area (Å²) in [5.74, 6) is 0.691.